The predicted molar refractivity (Wildman–Crippen MR) is 69.4 cm³/mol. The summed E-state index contributed by atoms with van der Waals surface area (Å²) in [6.45, 7) is 0.327. The molecule has 0 aliphatic carbocycles. The molecule has 3 heterocycles. The quantitative estimate of drug-likeness (QED) is 0.765. The highest BCUT2D eigenvalue weighted by atomic mass is 32.2. The first-order chi connectivity index (χ1) is 9.51. The molecule has 2 unspecified atom stereocenters. The molecule has 0 bridgehead atoms. The van der Waals surface area contributed by atoms with Crippen LogP contribution in [0, 0.1) is 0 Å². The van der Waals surface area contributed by atoms with E-state index in [1.165, 1.54) is 12.3 Å². The molecule has 0 spiro atoms. The van der Waals surface area contributed by atoms with Crippen LogP contribution in [0.4, 0.5) is 0 Å². The van der Waals surface area contributed by atoms with E-state index in [1.54, 1.807) is 12.1 Å². The van der Waals surface area contributed by atoms with Crippen LogP contribution >= 0.6 is 0 Å². The van der Waals surface area contributed by atoms with Crippen molar-refractivity contribution in [3.63, 3.8) is 0 Å². The van der Waals surface area contributed by atoms with Gasteiger partial charge >= 0.3 is 5.12 Å². The Labute approximate surface area is 116 Å². The van der Waals surface area contributed by atoms with Gasteiger partial charge < -0.3 is 5.32 Å². The number of nitrogens with one attached hydrogen (secondary N) is 1. The molecule has 0 amide bonds. The molecular formula is C12H13N3O4S. The van der Waals surface area contributed by atoms with Crippen molar-refractivity contribution in [3.8, 4) is 0 Å². The van der Waals surface area contributed by atoms with E-state index < -0.39 is 27.2 Å². The maximum absolute atomic E-state index is 12.4. The lowest BCUT2D eigenvalue weighted by molar-refractivity contribution is -0.118. The molecule has 0 saturated carbocycles. The molecule has 3 rings (SSSR count). The maximum Gasteiger partial charge on any atom is 0.310 e. The highest BCUT2D eigenvalue weighted by Crippen LogP contribution is 2.27. The van der Waals surface area contributed by atoms with E-state index in [-0.39, 0.29) is 18.0 Å². The first-order valence-electron chi connectivity index (χ1n) is 6.25. The third-order valence-electron chi connectivity index (χ3n) is 3.63. The zero-order valence-corrected chi connectivity index (χ0v) is 11.3. The molecule has 2 aliphatic heterocycles. The second kappa shape index (κ2) is 4.72. The van der Waals surface area contributed by atoms with Crippen molar-refractivity contribution in [2.45, 2.75) is 18.5 Å². The minimum Gasteiger partial charge on any atom is -0.306 e. The highest BCUT2D eigenvalue weighted by Gasteiger charge is 2.50. The second-order valence-electron chi connectivity index (χ2n) is 4.81. The van der Waals surface area contributed by atoms with Crippen LogP contribution in [-0.2, 0) is 14.8 Å². The fraction of sp³-hybridized carbons (Fsp3) is 0.417. The van der Waals surface area contributed by atoms with Crippen LogP contribution in [0.1, 0.15) is 16.9 Å². The van der Waals surface area contributed by atoms with Gasteiger partial charge in [-0.1, -0.05) is 6.07 Å². The summed E-state index contributed by atoms with van der Waals surface area (Å²) in [6.07, 6.45) is 1.89. The Morgan fingerprint density at radius 1 is 1.40 bits per heavy atom. The fourth-order valence-electron chi connectivity index (χ4n) is 2.68. The van der Waals surface area contributed by atoms with Gasteiger partial charge in [0.2, 0.25) is 0 Å². The van der Waals surface area contributed by atoms with Crippen molar-refractivity contribution in [1.82, 2.24) is 14.6 Å². The van der Waals surface area contributed by atoms with Gasteiger partial charge in [0.1, 0.15) is 5.69 Å². The number of Topliss-reactive ketones (excluding diaryl/α,β-unsaturated/α-hetero) is 1. The van der Waals surface area contributed by atoms with Crippen molar-refractivity contribution < 1.29 is 18.0 Å². The van der Waals surface area contributed by atoms with Crippen LogP contribution in [0.3, 0.4) is 0 Å². The van der Waals surface area contributed by atoms with Crippen LogP contribution in [0.25, 0.3) is 0 Å². The summed E-state index contributed by atoms with van der Waals surface area (Å²) in [5.74, 6) is -0.190. The van der Waals surface area contributed by atoms with E-state index in [4.69, 9.17) is 0 Å². The van der Waals surface area contributed by atoms with Crippen molar-refractivity contribution in [3.05, 3.63) is 30.1 Å². The summed E-state index contributed by atoms with van der Waals surface area (Å²) in [6, 6.07) is 3.55. The molecule has 1 aromatic heterocycles. The molecule has 1 aromatic rings. The Hall–Kier alpha value is -1.64. The number of pyridine rings is 1. The van der Waals surface area contributed by atoms with E-state index in [9.17, 15) is 18.0 Å². The van der Waals surface area contributed by atoms with Gasteiger partial charge in [-0.15, -0.1) is 0 Å². The van der Waals surface area contributed by atoms with Crippen LogP contribution < -0.4 is 5.32 Å². The van der Waals surface area contributed by atoms with Crippen molar-refractivity contribution in [2.24, 2.45) is 0 Å². The standard InChI is InChI=1S/C12H13N3O4S/c16-10-7-15(9-4-6-14-11(9)10)20(18,19)12(17)8-3-1-2-5-13-8/h1-3,5,9,11,14H,4,6-7H2. The largest absolute Gasteiger partial charge is 0.310 e. The first kappa shape index (κ1) is 13.3. The van der Waals surface area contributed by atoms with Crippen LogP contribution in [0.2, 0.25) is 0 Å². The summed E-state index contributed by atoms with van der Waals surface area (Å²) >= 11 is 0. The van der Waals surface area contributed by atoms with E-state index in [0.717, 1.165) is 4.31 Å². The molecule has 20 heavy (non-hydrogen) atoms. The van der Waals surface area contributed by atoms with Crippen LogP contribution in [0.15, 0.2) is 24.4 Å². The minimum atomic E-state index is -4.21. The van der Waals surface area contributed by atoms with E-state index in [2.05, 4.69) is 10.3 Å². The monoisotopic (exact) mass is 295 g/mol. The summed E-state index contributed by atoms with van der Waals surface area (Å²) in [4.78, 5) is 27.7. The molecule has 2 fully saturated rings. The number of ketones is 1. The maximum atomic E-state index is 12.4. The smallest absolute Gasteiger partial charge is 0.306 e. The molecule has 2 atom stereocenters. The van der Waals surface area contributed by atoms with Crippen molar-refractivity contribution in [2.75, 3.05) is 13.1 Å². The Kier molecular flexibility index (Phi) is 3.15. The molecule has 7 nitrogen and oxygen atoms in total. The molecule has 0 radical (unpaired) electrons. The fourth-order valence-corrected chi connectivity index (χ4v) is 4.16. The summed E-state index contributed by atoms with van der Waals surface area (Å²) in [5.41, 5.74) is -0.130. The molecule has 106 valence electrons. The van der Waals surface area contributed by atoms with Gasteiger partial charge in [-0.05, 0) is 25.1 Å². The van der Waals surface area contributed by atoms with E-state index in [0.29, 0.717) is 13.0 Å². The number of carbonyl (C=O) groups excluding carboxylic acids is 2. The first-order valence-corrected chi connectivity index (χ1v) is 7.69. The van der Waals surface area contributed by atoms with E-state index >= 15 is 0 Å². The third-order valence-corrected chi connectivity index (χ3v) is 5.33. The van der Waals surface area contributed by atoms with Crippen LogP contribution in [0.5, 0.6) is 0 Å². The molecule has 1 N–H and O–H groups in total. The third kappa shape index (κ3) is 1.96. The average molecular weight is 295 g/mol. The lowest BCUT2D eigenvalue weighted by Gasteiger charge is -2.20. The molecule has 2 aliphatic rings. The summed E-state index contributed by atoms with van der Waals surface area (Å²) in [7, 11) is -4.21. The van der Waals surface area contributed by atoms with Crippen LogP contribution in [-0.4, -0.2) is 53.8 Å². The van der Waals surface area contributed by atoms with Gasteiger partial charge in [-0.25, -0.2) is 8.42 Å². The molecule has 0 aromatic carbocycles. The normalized spacial score (nSPS) is 26.7. The Morgan fingerprint density at radius 2 is 2.20 bits per heavy atom. The van der Waals surface area contributed by atoms with Gasteiger partial charge in [0, 0.05) is 12.2 Å². The highest BCUT2D eigenvalue weighted by molar-refractivity contribution is 8.04. The SMILES string of the molecule is O=C1CN(S(=O)(=O)C(=O)c2ccccn2)C2CCNC12. The zero-order valence-electron chi connectivity index (χ0n) is 10.5. The number of aromatic nitrogens is 1. The Morgan fingerprint density at radius 3 is 2.90 bits per heavy atom. The van der Waals surface area contributed by atoms with Crippen molar-refractivity contribution >= 4 is 20.9 Å². The minimum absolute atomic E-state index is 0.130. The van der Waals surface area contributed by atoms with Gasteiger partial charge in [-0.3, -0.25) is 14.6 Å². The number of hydrogen-bond donors (Lipinski definition) is 1. The molecule has 2 saturated heterocycles. The number of fused-ring (bicyclic) bond motifs is 1. The lowest BCUT2D eigenvalue weighted by Crippen LogP contribution is -2.42. The Balaban J connectivity index is 1.93. The predicted octanol–water partition coefficient (Wildman–Crippen LogP) is -0.833. The number of nitrogens with zero attached hydrogens (tertiary/aromatic N) is 2. The summed E-state index contributed by atoms with van der Waals surface area (Å²) < 4.78 is 25.8. The van der Waals surface area contributed by atoms with Crippen molar-refractivity contribution in [1.29, 1.82) is 0 Å². The van der Waals surface area contributed by atoms with E-state index in [1.807, 2.05) is 0 Å². The van der Waals surface area contributed by atoms with Gasteiger partial charge in [0.05, 0.1) is 12.6 Å². The lowest BCUT2D eigenvalue weighted by atomic mass is 10.1. The zero-order chi connectivity index (χ0) is 14.3. The van der Waals surface area contributed by atoms with Gasteiger partial charge in [-0.2, -0.15) is 4.31 Å². The van der Waals surface area contributed by atoms with Gasteiger partial charge in [0.25, 0.3) is 10.0 Å². The number of sulfonamides is 1. The average Bonchev–Trinajstić information content (AvgIpc) is 3.03. The molecular weight excluding hydrogens is 282 g/mol. The second-order valence-corrected chi connectivity index (χ2v) is 6.60. The number of carbonyl (C=O) groups is 2. The van der Waals surface area contributed by atoms with Gasteiger partial charge in [0.15, 0.2) is 5.78 Å². The Bertz CT molecular complexity index is 659. The summed E-state index contributed by atoms with van der Waals surface area (Å²) in [5, 5.41) is 1.91. The number of hydrogen-bond acceptors (Lipinski definition) is 6. The molecule has 8 heteroatoms. The topological polar surface area (TPSA) is 96.4 Å². The number of rotatable bonds is 2.